The minimum Gasteiger partial charge on any atom is -0.352 e. The molecule has 180 valence electrons. The molecule has 0 spiro atoms. The molecule has 0 aliphatic carbocycles. The van der Waals surface area contributed by atoms with Crippen LogP contribution in [0.2, 0.25) is 0 Å². The molecule has 0 radical (unpaired) electrons. The van der Waals surface area contributed by atoms with Crippen LogP contribution in [0.5, 0.6) is 0 Å². The number of benzene rings is 3. The lowest BCUT2D eigenvalue weighted by molar-refractivity contribution is -0.190. The summed E-state index contributed by atoms with van der Waals surface area (Å²) in [5, 5.41) is 0. The van der Waals surface area contributed by atoms with Gasteiger partial charge in [0.05, 0.1) is 13.2 Å². The van der Waals surface area contributed by atoms with Gasteiger partial charge in [-0.25, -0.2) is 17.6 Å². The monoisotopic (exact) mass is 472 g/mol. The second-order valence-electron chi connectivity index (χ2n) is 8.75. The fourth-order valence-corrected chi connectivity index (χ4v) is 4.25. The Bertz CT molecular complexity index is 1140. The molecule has 0 amide bonds. The zero-order valence-corrected chi connectivity index (χ0v) is 19.3. The number of hydrogen-bond acceptors (Lipinski definition) is 2. The molecule has 1 aliphatic rings. The third-order valence-electron chi connectivity index (χ3n) is 6.34. The number of ether oxygens (including phenoxy) is 2. The maximum absolute atomic E-state index is 15.0. The van der Waals surface area contributed by atoms with E-state index in [9.17, 15) is 13.2 Å². The normalized spacial score (nSPS) is 18.3. The first-order valence-electron chi connectivity index (χ1n) is 11.7. The molecule has 1 aliphatic heterocycles. The van der Waals surface area contributed by atoms with Crippen LogP contribution in [0.15, 0.2) is 48.5 Å². The van der Waals surface area contributed by atoms with E-state index in [2.05, 4.69) is 6.92 Å². The molecule has 0 unspecified atom stereocenters. The highest BCUT2D eigenvalue weighted by atomic mass is 19.2. The molecule has 1 heterocycles. The lowest BCUT2D eigenvalue weighted by Crippen LogP contribution is -2.31. The molecule has 0 atom stereocenters. The topological polar surface area (TPSA) is 18.5 Å². The van der Waals surface area contributed by atoms with Crippen LogP contribution in [0, 0.1) is 30.2 Å². The number of hydrogen-bond donors (Lipinski definition) is 0. The molecule has 3 aromatic carbocycles. The van der Waals surface area contributed by atoms with Crippen molar-refractivity contribution in [3.8, 4) is 22.3 Å². The van der Waals surface area contributed by atoms with Crippen molar-refractivity contribution in [1.29, 1.82) is 0 Å². The Kier molecular flexibility index (Phi) is 7.69. The molecule has 0 aromatic heterocycles. The quantitative estimate of drug-likeness (QED) is 0.257. The van der Waals surface area contributed by atoms with Crippen LogP contribution in [0.3, 0.4) is 0 Å². The predicted octanol–water partition coefficient (Wildman–Crippen LogP) is 7.92. The first kappa shape index (κ1) is 24.4. The van der Waals surface area contributed by atoms with E-state index in [1.165, 1.54) is 25.1 Å². The number of unbranched alkanes of at least 4 members (excludes halogenated alkanes) is 2. The average Bonchev–Trinajstić information content (AvgIpc) is 2.85. The van der Waals surface area contributed by atoms with Gasteiger partial charge < -0.3 is 9.47 Å². The van der Waals surface area contributed by atoms with Gasteiger partial charge in [-0.1, -0.05) is 68.3 Å². The Labute approximate surface area is 197 Å². The summed E-state index contributed by atoms with van der Waals surface area (Å²) in [4.78, 5) is 0. The van der Waals surface area contributed by atoms with Crippen LogP contribution in [0.1, 0.15) is 49.7 Å². The number of aryl methyl sites for hydroxylation is 1. The summed E-state index contributed by atoms with van der Waals surface area (Å²) in [7, 11) is 0. The molecule has 1 saturated heterocycles. The Morgan fingerprint density at radius 3 is 1.85 bits per heavy atom. The van der Waals surface area contributed by atoms with Gasteiger partial charge >= 0.3 is 0 Å². The minimum absolute atomic E-state index is 0.0958. The molecular weight excluding hydrogens is 444 g/mol. The zero-order valence-electron chi connectivity index (χ0n) is 19.3. The van der Waals surface area contributed by atoms with Gasteiger partial charge in [0, 0.05) is 17.0 Å². The van der Waals surface area contributed by atoms with Gasteiger partial charge in [-0.05, 0) is 42.0 Å². The Morgan fingerprint density at radius 1 is 0.706 bits per heavy atom. The summed E-state index contributed by atoms with van der Waals surface area (Å²) in [6, 6.07) is 12.4. The van der Waals surface area contributed by atoms with Gasteiger partial charge in [0.2, 0.25) is 0 Å². The molecule has 3 aromatic rings. The number of halogens is 4. The van der Waals surface area contributed by atoms with Gasteiger partial charge in [-0.2, -0.15) is 0 Å². The summed E-state index contributed by atoms with van der Waals surface area (Å²) in [6.07, 6.45) is 3.72. The van der Waals surface area contributed by atoms with Crippen molar-refractivity contribution < 1.29 is 27.0 Å². The second-order valence-corrected chi connectivity index (χ2v) is 8.75. The third-order valence-corrected chi connectivity index (χ3v) is 6.34. The first-order valence-corrected chi connectivity index (χ1v) is 11.7. The molecule has 34 heavy (non-hydrogen) atoms. The summed E-state index contributed by atoms with van der Waals surface area (Å²) in [5.41, 5.74) is 1.54. The maximum Gasteiger partial charge on any atom is 0.166 e. The largest absolute Gasteiger partial charge is 0.352 e. The SMILES string of the molecule is CCCCCC1OCC(c2ccc(-c3ccc(-c4ccc(C)c(F)c4F)cc3)c(F)c2F)CO1. The molecular formula is C28H28F4O2. The fraction of sp³-hybridized carbons (Fsp3) is 0.357. The van der Waals surface area contributed by atoms with Crippen molar-refractivity contribution in [2.75, 3.05) is 13.2 Å². The predicted molar refractivity (Wildman–Crippen MR) is 124 cm³/mol. The van der Waals surface area contributed by atoms with Gasteiger partial charge in [0.25, 0.3) is 0 Å². The Morgan fingerprint density at radius 2 is 1.26 bits per heavy atom. The van der Waals surface area contributed by atoms with E-state index in [4.69, 9.17) is 9.47 Å². The van der Waals surface area contributed by atoms with E-state index in [0.29, 0.717) is 11.1 Å². The van der Waals surface area contributed by atoms with Gasteiger partial charge in [-0.15, -0.1) is 0 Å². The lowest BCUT2D eigenvalue weighted by Gasteiger charge is -2.30. The third kappa shape index (κ3) is 5.03. The van der Waals surface area contributed by atoms with Gasteiger partial charge in [-0.3, -0.25) is 0 Å². The molecule has 4 rings (SSSR count). The lowest BCUT2D eigenvalue weighted by atomic mass is 9.94. The Balaban J connectivity index is 1.50. The van der Waals surface area contributed by atoms with Crippen molar-refractivity contribution in [2.24, 2.45) is 0 Å². The van der Waals surface area contributed by atoms with Crippen molar-refractivity contribution in [3.05, 3.63) is 82.9 Å². The van der Waals surface area contributed by atoms with Crippen molar-refractivity contribution >= 4 is 0 Å². The summed E-state index contributed by atoms with van der Waals surface area (Å²) in [5.74, 6) is -4.09. The highest BCUT2D eigenvalue weighted by Gasteiger charge is 2.27. The van der Waals surface area contributed by atoms with Crippen LogP contribution in [-0.4, -0.2) is 19.5 Å². The molecule has 6 heteroatoms. The summed E-state index contributed by atoms with van der Waals surface area (Å²) in [6.45, 7) is 4.17. The summed E-state index contributed by atoms with van der Waals surface area (Å²) >= 11 is 0. The van der Waals surface area contributed by atoms with E-state index >= 15 is 4.39 Å². The van der Waals surface area contributed by atoms with Crippen molar-refractivity contribution in [1.82, 2.24) is 0 Å². The Hall–Kier alpha value is -2.70. The van der Waals surface area contributed by atoms with Crippen LogP contribution >= 0.6 is 0 Å². The first-order chi connectivity index (χ1) is 16.4. The van der Waals surface area contributed by atoms with E-state index in [1.54, 1.807) is 30.3 Å². The minimum atomic E-state index is -0.956. The van der Waals surface area contributed by atoms with Gasteiger partial charge in [0.1, 0.15) is 0 Å². The fourth-order valence-electron chi connectivity index (χ4n) is 4.25. The van der Waals surface area contributed by atoms with Crippen molar-refractivity contribution in [2.45, 2.75) is 51.7 Å². The molecule has 0 N–H and O–H groups in total. The van der Waals surface area contributed by atoms with Crippen LogP contribution in [-0.2, 0) is 9.47 Å². The van der Waals surface area contributed by atoms with E-state index in [1.807, 2.05) is 0 Å². The average molecular weight is 473 g/mol. The van der Waals surface area contributed by atoms with Crippen LogP contribution in [0.25, 0.3) is 22.3 Å². The van der Waals surface area contributed by atoms with E-state index in [0.717, 1.165) is 25.7 Å². The second kappa shape index (κ2) is 10.7. The van der Waals surface area contributed by atoms with E-state index in [-0.39, 0.29) is 47.7 Å². The summed E-state index contributed by atoms with van der Waals surface area (Å²) < 4.78 is 69.6. The van der Waals surface area contributed by atoms with Crippen LogP contribution in [0.4, 0.5) is 17.6 Å². The standard InChI is InChI=1S/C28H28F4O2/c1-3-4-5-6-24-33-15-20(16-34-24)23-14-13-22(27(31)28(23)32)19-10-8-18(9-11-19)21-12-7-17(2)25(29)26(21)30/h7-14,20,24H,3-6,15-16H2,1-2H3. The zero-order chi connectivity index (χ0) is 24.2. The molecule has 2 nitrogen and oxygen atoms in total. The molecule has 1 fully saturated rings. The molecule has 0 saturated carbocycles. The van der Waals surface area contributed by atoms with Crippen LogP contribution < -0.4 is 0 Å². The van der Waals surface area contributed by atoms with E-state index < -0.39 is 23.3 Å². The van der Waals surface area contributed by atoms with Gasteiger partial charge in [0.15, 0.2) is 29.6 Å². The highest BCUT2D eigenvalue weighted by molar-refractivity contribution is 5.71. The number of rotatable bonds is 7. The highest BCUT2D eigenvalue weighted by Crippen LogP contribution is 2.34. The van der Waals surface area contributed by atoms with Crippen molar-refractivity contribution in [3.63, 3.8) is 0 Å². The molecule has 0 bridgehead atoms. The maximum atomic E-state index is 15.0. The smallest absolute Gasteiger partial charge is 0.166 e.